The van der Waals surface area contributed by atoms with Gasteiger partial charge in [-0.25, -0.2) is 0 Å². The Morgan fingerprint density at radius 1 is 1.06 bits per heavy atom. The molecule has 36 heavy (non-hydrogen) atoms. The zero-order valence-electron chi connectivity index (χ0n) is 22.5. The Hall–Kier alpha value is -1.86. The van der Waals surface area contributed by atoms with Crippen molar-refractivity contribution in [2.24, 2.45) is 45.8 Å². The van der Waals surface area contributed by atoms with E-state index < -0.39 is 46.3 Å². The molecule has 7 heteroatoms. The molecule has 0 aliphatic heterocycles. The van der Waals surface area contributed by atoms with Crippen LogP contribution in [0.5, 0.6) is 0 Å². The zero-order valence-corrected chi connectivity index (χ0v) is 22.5. The second-order valence-corrected chi connectivity index (χ2v) is 13.4. The van der Waals surface area contributed by atoms with Gasteiger partial charge in [-0.1, -0.05) is 41.5 Å². The van der Waals surface area contributed by atoms with Crippen LogP contribution in [0, 0.1) is 45.8 Å². The van der Waals surface area contributed by atoms with Gasteiger partial charge in [-0.15, -0.1) is 0 Å². The fourth-order valence-electron chi connectivity index (χ4n) is 8.77. The van der Waals surface area contributed by atoms with Crippen LogP contribution in [0.25, 0.3) is 0 Å². The van der Waals surface area contributed by atoms with E-state index in [9.17, 15) is 29.4 Å². The van der Waals surface area contributed by atoms with Gasteiger partial charge >= 0.3 is 5.97 Å². The van der Waals surface area contributed by atoms with Crippen LogP contribution in [0.4, 0.5) is 0 Å². The third-order valence-corrected chi connectivity index (χ3v) is 10.7. The van der Waals surface area contributed by atoms with Crippen LogP contribution in [-0.2, 0) is 19.2 Å². The number of aliphatic hydroxyl groups excluding tert-OH is 2. The molecule has 2 saturated carbocycles. The molecule has 0 spiro atoms. The van der Waals surface area contributed by atoms with Gasteiger partial charge in [0.1, 0.15) is 11.6 Å². The molecule has 4 aliphatic rings. The summed E-state index contributed by atoms with van der Waals surface area (Å²) in [6, 6.07) is 0. The molecule has 3 N–H and O–H groups in total. The number of hydrogen-bond acceptors (Lipinski definition) is 6. The smallest absolute Gasteiger partial charge is 0.306 e. The van der Waals surface area contributed by atoms with E-state index in [0.717, 1.165) is 0 Å². The van der Waals surface area contributed by atoms with Crippen molar-refractivity contribution in [1.82, 2.24) is 0 Å². The molecule has 200 valence electrons. The predicted molar refractivity (Wildman–Crippen MR) is 133 cm³/mol. The summed E-state index contributed by atoms with van der Waals surface area (Å²) in [7, 11) is 0. The molecular formula is C29H42O7. The van der Waals surface area contributed by atoms with Gasteiger partial charge in [0.05, 0.1) is 18.1 Å². The van der Waals surface area contributed by atoms with Gasteiger partial charge in [0.2, 0.25) is 0 Å². The van der Waals surface area contributed by atoms with Crippen molar-refractivity contribution in [1.29, 1.82) is 0 Å². The Balaban J connectivity index is 1.69. The van der Waals surface area contributed by atoms with Gasteiger partial charge in [0.25, 0.3) is 0 Å². The van der Waals surface area contributed by atoms with Crippen LogP contribution in [-0.4, -0.2) is 50.8 Å². The molecule has 0 saturated heterocycles. The summed E-state index contributed by atoms with van der Waals surface area (Å²) >= 11 is 0. The van der Waals surface area contributed by atoms with E-state index in [2.05, 4.69) is 6.92 Å². The van der Waals surface area contributed by atoms with E-state index in [0.29, 0.717) is 30.4 Å². The van der Waals surface area contributed by atoms with E-state index in [4.69, 9.17) is 5.11 Å². The van der Waals surface area contributed by atoms with E-state index in [1.165, 1.54) is 6.92 Å². The van der Waals surface area contributed by atoms with Crippen molar-refractivity contribution in [3.63, 3.8) is 0 Å². The fourth-order valence-corrected chi connectivity index (χ4v) is 8.77. The number of aliphatic hydroxyl groups is 2. The number of carboxylic acid groups (broad SMARTS) is 1. The Morgan fingerprint density at radius 2 is 1.69 bits per heavy atom. The molecule has 0 aromatic carbocycles. The van der Waals surface area contributed by atoms with Crippen molar-refractivity contribution < 1.29 is 34.5 Å². The fraction of sp³-hybridized carbons (Fsp3) is 0.793. The van der Waals surface area contributed by atoms with Crippen molar-refractivity contribution in [3.05, 3.63) is 11.1 Å². The SMILES string of the molecule is CC(CC(=O)CC(C)C1CC(=O)C2C3=C(C(=O)CC21C)C1(C)CCC(O)C(C)(C)C1CC3O)C(=O)O. The van der Waals surface area contributed by atoms with Crippen LogP contribution < -0.4 is 0 Å². The lowest BCUT2D eigenvalue weighted by Crippen LogP contribution is -2.58. The zero-order chi connectivity index (χ0) is 27.0. The number of carbonyl (C=O) groups excluding carboxylic acids is 3. The monoisotopic (exact) mass is 502 g/mol. The summed E-state index contributed by atoms with van der Waals surface area (Å²) < 4.78 is 0. The Kier molecular flexibility index (Phi) is 6.69. The second-order valence-electron chi connectivity index (χ2n) is 13.4. The molecule has 7 nitrogen and oxygen atoms in total. The molecule has 0 radical (unpaired) electrons. The van der Waals surface area contributed by atoms with Crippen molar-refractivity contribution in [2.75, 3.05) is 0 Å². The lowest BCUT2D eigenvalue weighted by molar-refractivity contribution is -0.143. The quantitative estimate of drug-likeness (QED) is 0.504. The van der Waals surface area contributed by atoms with E-state index in [1.54, 1.807) is 0 Å². The largest absolute Gasteiger partial charge is 0.481 e. The molecule has 0 bridgehead atoms. The topological polar surface area (TPSA) is 129 Å². The van der Waals surface area contributed by atoms with Crippen LogP contribution in [0.15, 0.2) is 11.1 Å². The Labute approximate surface area is 213 Å². The average Bonchev–Trinajstić information content (AvgIpc) is 3.02. The first kappa shape index (κ1) is 27.2. The lowest BCUT2D eigenvalue weighted by atomic mass is 9.45. The molecule has 9 unspecified atom stereocenters. The summed E-state index contributed by atoms with van der Waals surface area (Å²) in [6.45, 7) is 11.5. The maximum atomic E-state index is 13.9. The van der Waals surface area contributed by atoms with Gasteiger partial charge in [-0.05, 0) is 58.8 Å². The van der Waals surface area contributed by atoms with Crippen LogP contribution in [0.3, 0.4) is 0 Å². The molecule has 0 aromatic heterocycles. The minimum absolute atomic E-state index is 0.0140. The van der Waals surface area contributed by atoms with E-state index in [1.807, 2.05) is 27.7 Å². The Morgan fingerprint density at radius 3 is 2.31 bits per heavy atom. The average molecular weight is 503 g/mol. The van der Waals surface area contributed by atoms with Gasteiger partial charge < -0.3 is 15.3 Å². The number of aliphatic carboxylic acids is 1. The maximum absolute atomic E-state index is 13.9. The normalized spacial score (nSPS) is 41.3. The first-order chi connectivity index (χ1) is 16.6. The third kappa shape index (κ3) is 3.92. The minimum atomic E-state index is -1.01. The van der Waals surface area contributed by atoms with Crippen molar-refractivity contribution >= 4 is 23.3 Å². The lowest BCUT2D eigenvalue weighted by Gasteiger charge is -2.59. The Bertz CT molecular complexity index is 1020. The number of Topliss-reactive ketones (excluding diaryl/α,β-unsaturated/α-hetero) is 3. The number of carboxylic acids is 1. The molecule has 4 aliphatic carbocycles. The molecule has 0 aromatic rings. The van der Waals surface area contributed by atoms with Gasteiger partial charge in [-0.2, -0.15) is 0 Å². The molecular weight excluding hydrogens is 460 g/mol. The highest BCUT2D eigenvalue weighted by molar-refractivity contribution is 6.03. The highest BCUT2D eigenvalue weighted by Gasteiger charge is 2.65. The summed E-state index contributed by atoms with van der Waals surface area (Å²) in [5, 5.41) is 31.3. The summed E-state index contributed by atoms with van der Waals surface area (Å²) in [6.07, 6.45) is 0.806. The summed E-state index contributed by atoms with van der Waals surface area (Å²) in [5.41, 5.74) is -0.411. The van der Waals surface area contributed by atoms with Crippen molar-refractivity contribution in [3.8, 4) is 0 Å². The standard InChI is InChI=1S/C29H42O7/c1-14(9-16(30)10-15(2)26(35)36)17-11-19(32)24-23-18(31)12-21-27(3,4)22(34)7-8-28(21,5)25(23)20(33)13-29(17,24)6/h14-15,17-18,21-22,24,31,34H,7-13H2,1-6H3,(H,35,36). The molecule has 0 heterocycles. The first-order valence-corrected chi connectivity index (χ1v) is 13.5. The molecule has 9 atom stereocenters. The van der Waals surface area contributed by atoms with E-state index >= 15 is 0 Å². The minimum Gasteiger partial charge on any atom is -0.481 e. The summed E-state index contributed by atoms with van der Waals surface area (Å²) in [5.74, 6) is -2.89. The maximum Gasteiger partial charge on any atom is 0.306 e. The van der Waals surface area contributed by atoms with Gasteiger partial charge in [0, 0.05) is 37.2 Å². The third-order valence-electron chi connectivity index (χ3n) is 10.7. The van der Waals surface area contributed by atoms with Crippen LogP contribution >= 0.6 is 0 Å². The number of fused-ring (bicyclic) bond motifs is 4. The van der Waals surface area contributed by atoms with E-state index in [-0.39, 0.29) is 60.8 Å². The number of hydrogen-bond donors (Lipinski definition) is 3. The van der Waals surface area contributed by atoms with Gasteiger partial charge in [-0.3, -0.25) is 19.2 Å². The molecule has 2 fully saturated rings. The second kappa shape index (κ2) is 8.87. The number of carbonyl (C=O) groups is 4. The molecule has 0 amide bonds. The number of ketones is 3. The predicted octanol–water partition coefficient (Wildman–Crippen LogP) is 3.74. The summed E-state index contributed by atoms with van der Waals surface area (Å²) in [4.78, 5) is 51.3. The molecule has 4 rings (SSSR count). The van der Waals surface area contributed by atoms with Gasteiger partial charge in [0.15, 0.2) is 5.78 Å². The number of allylic oxidation sites excluding steroid dienone is 1. The highest BCUT2D eigenvalue weighted by Crippen LogP contribution is 2.66. The van der Waals surface area contributed by atoms with Crippen LogP contribution in [0.1, 0.15) is 86.5 Å². The first-order valence-electron chi connectivity index (χ1n) is 13.5. The highest BCUT2D eigenvalue weighted by atomic mass is 16.4. The number of rotatable bonds is 6. The van der Waals surface area contributed by atoms with Crippen molar-refractivity contribution in [2.45, 2.75) is 98.7 Å². The van der Waals surface area contributed by atoms with Crippen LogP contribution in [0.2, 0.25) is 0 Å².